The standard InChI is InChI=1S/C26H26N4O2.2C2H6/c1-2-19-10-12-27-24(19)17-32-22-14-20(25-29-23-9-6-11-28-26(23)30-25)13-21(15-22)31-16-18-7-4-3-5-8-18;2*1-2/h3-15,19,25,29H,2,16-17H2,1H3,(H,28,30);2*1-2H3. The Morgan fingerprint density at radius 1 is 0.833 bits per heavy atom. The van der Waals surface area contributed by atoms with E-state index in [4.69, 9.17) is 9.47 Å². The van der Waals surface area contributed by atoms with Gasteiger partial charge in [0.2, 0.25) is 0 Å². The molecule has 0 aliphatic carbocycles. The van der Waals surface area contributed by atoms with Crippen molar-refractivity contribution in [3.05, 3.63) is 90.3 Å². The van der Waals surface area contributed by atoms with Gasteiger partial charge >= 0.3 is 0 Å². The first-order valence-electron chi connectivity index (χ1n) is 12.9. The van der Waals surface area contributed by atoms with Crippen LogP contribution in [0.15, 0.2) is 84.1 Å². The molecule has 0 radical (unpaired) electrons. The lowest BCUT2D eigenvalue weighted by molar-refractivity contribution is 0.301. The third-order valence-corrected chi connectivity index (χ3v) is 5.69. The molecule has 6 heteroatoms. The lowest BCUT2D eigenvalue weighted by atomic mass is 10.0. The Morgan fingerprint density at radius 2 is 1.56 bits per heavy atom. The Labute approximate surface area is 215 Å². The summed E-state index contributed by atoms with van der Waals surface area (Å²) in [6.07, 6.45) is 6.68. The molecular weight excluding hydrogens is 448 g/mol. The van der Waals surface area contributed by atoms with Crippen LogP contribution in [-0.4, -0.2) is 17.3 Å². The van der Waals surface area contributed by atoms with Crippen LogP contribution in [0.1, 0.15) is 58.3 Å². The SMILES string of the molecule is CC.CC.CCC1C=CN=C1COc1cc(OCc2ccccc2)cc(C2Nc3cccnc3N2)c1. The quantitative estimate of drug-likeness (QED) is 0.343. The number of allylic oxidation sites excluding steroid dienone is 1. The van der Waals surface area contributed by atoms with E-state index in [0.29, 0.717) is 19.1 Å². The molecule has 1 aromatic heterocycles. The van der Waals surface area contributed by atoms with Crippen molar-refractivity contribution in [1.82, 2.24) is 4.98 Å². The number of nitrogens with one attached hydrogen (secondary N) is 2. The lowest BCUT2D eigenvalue weighted by Gasteiger charge is -2.18. The number of nitrogens with zero attached hydrogens (tertiary/aromatic N) is 2. The van der Waals surface area contributed by atoms with E-state index in [1.54, 1.807) is 6.20 Å². The summed E-state index contributed by atoms with van der Waals surface area (Å²) in [4.78, 5) is 8.88. The lowest BCUT2D eigenvalue weighted by Crippen LogP contribution is -2.18. The molecule has 2 unspecified atom stereocenters. The zero-order valence-electron chi connectivity index (χ0n) is 22.0. The number of rotatable bonds is 8. The minimum Gasteiger partial charge on any atom is -0.489 e. The highest BCUT2D eigenvalue weighted by Gasteiger charge is 2.23. The maximum absolute atomic E-state index is 6.17. The Balaban J connectivity index is 0.000000861. The third-order valence-electron chi connectivity index (χ3n) is 5.69. The van der Waals surface area contributed by atoms with E-state index in [-0.39, 0.29) is 6.17 Å². The molecule has 3 heterocycles. The van der Waals surface area contributed by atoms with E-state index in [1.807, 2.05) is 82.4 Å². The van der Waals surface area contributed by atoms with Crippen LogP contribution >= 0.6 is 0 Å². The van der Waals surface area contributed by atoms with Crippen molar-refractivity contribution in [3.63, 3.8) is 0 Å². The molecule has 6 nitrogen and oxygen atoms in total. The van der Waals surface area contributed by atoms with Gasteiger partial charge in [-0.2, -0.15) is 0 Å². The fourth-order valence-corrected chi connectivity index (χ4v) is 3.92. The minimum atomic E-state index is -0.114. The van der Waals surface area contributed by atoms with Gasteiger partial charge in [0.1, 0.15) is 30.9 Å². The molecule has 2 aliphatic rings. The topological polar surface area (TPSA) is 67.8 Å². The average Bonchev–Trinajstić information content (AvgIpc) is 3.60. The predicted molar refractivity (Wildman–Crippen MR) is 150 cm³/mol. The monoisotopic (exact) mass is 486 g/mol. The summed E-state index contributed by atoms with van der Waals surface area (Å²) in [7, 11) is 0. The predicted octanol–water partition coefficient (Wildman–Crippen LogP) is 7.62. The van der Waals surface area contributed by atoms with Crippen LogP contribution in [0.2, 0.25) is 0 Å². The first-order chi connectivity index (χ1) is 17.8. The van der Waals surface area contributed by atoms with E-state index in [9.17, 15) is 0 Å². The summed E-state index contributed by atoms with van der Waals surface area (Å²) in [5.41, 5.74) is 4.17. The molecule has 190 valence electrons. The van der Waals surface area contributed by atoms with Gasteiger partial charge < -0.3 is 20.1 Å². The number of pyridine rings is 1. The Bertz CT molecular complexity index is 1120. The van der Waals surface area contributed by atoms with Gasteiger partial charge in [0.05, 0.1) is 11.4 Å². The number of aromatic nitrogens is 1. The smallest absolute Gasteiger partial charge is 0.151 e. The van der Waals surface area contributed by atoms with Gasteiger partial charge in [-0.05, 0) is 36.2 Å². The van der Waals surface area contributed by atoms with Gasteiger partial charge in [0, 0.05) is 29.9 Å². The molecule has 5 rings (SSSR count). The molecular formula is C30H38N4O2. The molecule has 3 aromatic rings. The van der Waals surface area contributed by atoms with E-state index in [0.717, 1.165) is 46.3 Å². The van der Waals surface area contributed by atoms with Gasteiger partial charge in [-0.3, -0.25) is 4.99 Å². The maximum atomic E-state index is 6.17. The highest BCUT2D eigenvalue weighted by atomic mass is 16.5. The van der Waals surface area contributed by atoms with Crippen LogP contribution < -0.4 is 20.1 Å². The third kappa shape index (κ3) is 6.87. The second kappa shape index (κ2) is 13.9. The number of benzene rings is 2. The minimum absolute atomic E-state index is 0.114. The Morgan fingerprint density at radius 3 is 2.25 bits per heavy atom. The maximum Gasteiger partial charge on any atom is 0.151 e. The van der Waals surface area contributed by atoms with Crippen LogP contribution in [0.4, 0.5) is 11.5 Å². The second-order valence-electron chi connectivity index (χ2n) is 7.90. The number of ether oxygens (including phenoxy) is 2. The fraction of sp³-hybridized carbons (Fsp3) is 0.333. The number of hydrogen-bond acceptors (Lipinski definition) is 6. The number of aliphatic imine (C=N–C) groups is 1. The van der Waals surface area contributed by atoms with Crippen molar-refractivity contribution in [2.75, 3.05) is 17.2 Å². The van der Waals surface area contributed by atoms with Gasteiger partial charge in [-0.15, -0.1) is 0 Å². The van der Waals surface area contributed by atoms with E-state index < -0.39 is 0 Å². The van der Waals surface area contributed by atoms with Gasteiger partial charge in [0.15, 0.2) is 5.82 Å². The highest BCUT2D eigenvalue weighted by molar-refractivity contribution is 5.91. The summed E-state index contributed by atoms with van der Waals surface area (Å²) in [5.74, 6) is 2.70. The van der Waals surface area contributed by atoms with Gasteiger partial charge in [0.25, 0.3) is 0 Å². The van der Waals surface area contributed by atoms with Crippen LogP contribution in [0.25, 0.3) is 0 Å². The summed E-state index contributed by atoms with van der Waals surface area (Å²) in [5, 5.41) is 6.90. The Hall–Kier alpha value is -3.80. The zero-order chi connectivity index (χ0) is 25.8. The number of fused-ring (bicyclic) bond motifs is 1. The normalized spacial score (nSPS) is 16.8. The van der Waals surface area contributed by atoms with Crippen LogP contribution in [0.3, 0.4) is 0 Å². The summed E-state index contributed by atoms with van der Waals surface area (Å²) in [6, 6.07) is 20.1. The molecule has 0 spiro atoms. The molecule has 0 bridgehead atoms. The molecule has 0 saturated heterocycles. The van der Waals surface area contributed by atoms with E-state index >= 15 is 0 Å². The summed E-state index contributed by atoms with van der Waals surface area (Å²) >= 11 is 0. The van der Waals surface area contributed by atoms with Crippen molar-refractivity contribution in [2.24, 2.45) is 10.9 Å². The van der Waals surface area contributed by atoms with Crippen LogP contribution in [-0.2, 0) is 6.61 Å². The van der Waals surface area contributed by atoms with Gasteiger partial charge in [-0.25, -0.2) is 4.98 Å². The zero-order valence-corrected chi connectivity index (χ0v) is 22.0. The van der Waals surface area contributed by atoms with Crippen molar-refractivity contribution < 1.29 is 9.47 Å². The fourth-order valence-electron chi connectivity index (χ4n) is 3.92. The molecule has 0 saturated carbocycles. The van der Waals surface area contributed by atoms with Crippen molar-refractivity contribution in [2.45, 2.75) is 53.8 Å². The molecule has 2 aliphatic heterocycles. The molecule has 0 fully saturated rings. The van der Waals surface area contributed by atoms with Crippen molar-refractivity contribution >= 4 is 17.2 Å². The second-order valence-corrected chi connectivity index (χ2v) is 7.90. The first-order valence-corrected chi connectivity index (χ1v) is 12.9. The van der Waals surface area contributed by atoms with Crippen molar-refractivity contribution in [3.8, 4) is 11.5 Å². The molecule has 2 aromatic carbocycles. The average molecular weight is 487 g/mol. The van der Waals surface area contributed by atoms with Gasteiger partial charge in [-0.1, -0.05) is 71.0 Å². The molecule has 36 heavy (non-hydrogen) atoms. The van der Waals surface area contributed by atoms with E-state index in [2.05, 4.69) is 45.7 Å². The molecule has 2 N–H and O–H groups in total. The molecule has 2 atom stereocenters. The number of hydrogen-bond donors (Lipinski definition) is 2. The molecule has 0 amide bonds. The van der Waals surface area contributed by atoms with E-state index in [1.165, 1.54) is 0 Å². The first kappa shape index (κ1) is 26.8. The van der Waals surface area contributed by atoms with Crippen LogP contribution in [0.5, 0.6) is 11.5 Å². The van der Waals surface area contributed by atoms with Crippen LogP contribution in [0, 0.1) is 5.92 Å². The number of anilines is 2. The highest BCUT2D eigenvalue weighted by Crippen LogP contribution is 2.36. The van der Waals surface area contributed by atoms with Crippen molar-refractivity contribution in [1.29, 1.82) is 0 Å². The summed E-state index contributed by atoms with van der Waals surface area (Å²) < 4.78 is 12.3. The summed E-state index contributed by atoms with van der Waals surface area (Å²) in [6.45, 7) is 11.1. The Kier molecular flexibility index (Phi) is 10.4. The largest absolute Gasteiger partial charge is 0.489 e.